The number of hydrogen-bond donors (Lipinski definition) is 0. The second kappa shape index (κ2) is 13.0. The highest BCUT2D eigenvalue weighted by Gasteiger charge is 2.35. The van der Waals surface area contributed by atoms with E-state index in [-0.39, 0.29) is 10.8 Å². The van der Waals surface area contributed by atoms with Crippen LogP contribution >= 0.6 is 17.2 Å². The maximum absolute atomic E-state index is 6.89. The Morgan fingerprint density at radius 1 is 0.500 bits per heavy atom. The third-order valence-corrected chi connectivity index (χ3v) is 10.7. The van der Waals surface area contributed by atoms with E-state index in [4.69, 9.17) is 27.1 Å². The summed E-state index contributed by atoms with van der Waals surface area (Å²) in [4.78, 5) is 0. The van der Waals surface area contributed by atoms with Gasteiger partial charge >= 0.3 is 17.2 Å². The Kier molecular flexibility index (Phi) is 9.37. The van der Waals surface area contributed by atoms with Gasteiger partial charge in [0.25, 0.3) is 0 Å². The lowest BCUT2D eigenvalue weighted by atomic mass is 9.80. The predicted molar refractivity (Wildman–Crippen MR) is 197 cm³/mol. The molecule has 4 aromatic carbocycles. The number of hydrogen-bond acceptors (Lipinski definition) is 6. The molecule has 2 aliphatic rings. The fourth-order valence-corrected chi connectivity index (χ4v) is 8.79. The van der Waals surface area contributed by atoms with Gasteiger partial charge in [0.2, 0.25) is 0 Å². The molecule has 2 unspecified atom stereocenters. The van der Waals surface area contributed by atoms with Gasteiger partial charge in [-0.3, -0.25) is 9.05 Å². The summed E-state index contributed by atoms with van der Waals surface area (Å²) in [7, 11) is -3.45. The topological polar surface area (TPSA) is 55.4 Å². The molecule has 0 N–H and O–H groups in total. The van der Waals surface area contributed by atoms with Crippen molar-refractivity contribution in [3.05, 3.63) is 104 Å². The van der Waals surface area contributed by atoms with Gasteiger partial charge in [0.1, 0.15) is 23.0 Å². The summed E-state index contributed by atoms with van der Waals surface area (Å²) in [6, 6.07) is 17.3. The molecule has 0 spiro atoms. The van der Waals surface area contributed by atoms with Crippen molar-refractivity contribution in [3.8, 4) is 34.1 Å². The van der Waals surface area contributed by atoms with Crippen molar-refractivity contribution in [3.63, 3.8) is 0 Å². The maximum atomic E-state index is 6.89. The first kappa shape index (κ1) is 34.7. The van der Waals surface area contributed by atoms with Crippen LogP contribution in [0.3, 0.4) is 0 Å². The molecule has 6 rings (SSSR count). The van der Waals surface area contributed by atoms with E-state index in [0.29, 0.717) is 13.2 Å². The monoisotopic (exact) mass is 686 g/mol. The molecule has 6 nitrogen and oxygen atoms in total. The highest BCUT2D eigenvalue weighted by Crippen LogP contribution is 2.57. The molecule has 2 atom stereocenters. The number of benzene rings is 4. The summed E-state index contributed by atoms with van der Waals surface area (Å²) in [5.41, 5.74) is 12.4. The van der Waals surface area contributed by atoms with Crippen molar-refractivity contribution < 1.29 is 27.1 Å². The van der Waals surface area contributed by atoms with Gasteiger partial charge < -0.3 is 18.1 Å². The molecule has 0 bridgehead atoms. The van der Waals surface area contributed by atoms with Gasteiger partial charge in [-0.15, -0.1) is 0 Å². The summed E-state index contributed by atoms with van der Waals surface area (Å²) in [6.45, 7) is 26.7. The van der Waals surface area contributed by atoms with E-state index in [0.717, 1.165) is 78.6 Å². The van der Waals surface area contributed by atoms with E-state index < -0.39 is 17.2 Å². The fraction of sp³-hybridized carbons (Fsp3) is 0.400. The van der Waals surface area contributed by atoms with Gasteiger partial charge in [0.15, 0.2) is 0 Å². The van der Waals surface area contributed by atoms with Gasteiger partial charge in [-0.2, -0.15) is 0 Å². The van der Waals surface area contributed by atoms with Gasteiger partial charge in [0.05, 0.1) is 13.2 Å². The van der Waals surface area contributed by atoms with Crippen LogP contribution in [0.5, 0.6) is 23.0 Å². The van der Waals surface area contributed by atoms with Crippen LogP contribution < -0.4 is 18.1 Å². The maximum Gasteiger partial charge on any atom is 0.463 e. The molecule has 0 radical (unpaired) electrons. The van der Waals surface area contributed by atoms with E-state index in [2.05, 4.69) is 132 Å². The molecule has 48 heavy (non-hydrogen) atoms. The van der Waals surface area contributed by atoms with Crippen molar-refractivity contribution in [2.45, 2.75) is 107 Å². The second-order valence-electron chi connectivity index (χ2n) is 15.4. The molecular weight excluding hydrogens is 638 g/mol. The smallest absolute Gasteiger partial charge is 0.417 e. The third kappa shape index (κ3) is 7.10. The summed E-state index contributed by atoms with van der Waals surface area (Å²) in [6.07, 6.45) is 0. The summed E-state index contributed by atoms with van der Waals surface area (Å²) in [5, 5.41) is 0. The molecular formula is C40H48O6P2. The van der Waals surface area contributed by atoms with E-state index in [1.165, 1.54) is 11.1 Å². The quantitative estimate of drug-likeness (QED) is 0.195. The zero-order chi connectivity index (χ0) is 34.7. The van der Waals surface area contributed by atoms with Crippen LogP contribution in [0.1, 0.15) is 97.2 Å². The minimum atomic E-state index is -1.73. The van der Waals surface area contributed by atoms with E-state index in [1.54, 1.807) is 0 Å². The van der Waals surface area contributed by atoms with Crippen LogP contribution in [-0.2, 0) is 33.1 Å². The molecule has 8 heteroatoms. The van der Waals surface area contributed by atoms with Crippen molar-refractivity contribution in [1.29, 1.82) is 0 Å². The molecule has 254 valence electrons. The predicted octanol–water partition coefficient (Wildman–Crippen LogP) is 12.2. The summed E-state index contributed by atoms with van der Waals surface area (Å²) >= 11 is 0. The molecule has 4 aromatic rings. The summed E-state index contributed by atoms with van der Waals surface area (Å²) in [5.74, 6) is 3.16. The SMILES string of the molecule is Cc1cc(C)c2c(c1)COP(Oc1c(-c3cc(C)cc(C(C)(C)C)c3OP3OCc4cc(C)cc(C)c4O3)cc(C)cc1C(C)(C)C)O2. The Morgan fingerprint density at radius 2 is 0.854 bits per heavy atom. The van der Waals surface area contributed by atoms with Crippen LogP contribution in [0, 0.1) is 41.5 Å². The largest absolute Gasteiger partial charge is 0.463 e. The first-order valence-corrected chi connectivity index (χ1v) is 18.8. The molecule has 0 saturated heterocycles. The van der Waals surface area contributed by atoms with Crippen LogP contribution in [-0.4, -0.2) is 0 Å². The summed E-state index contributed by atoms with van der Waals surface area (Å²) < 4.78 is 39.2. The Bertz CT molecular complexity index is 1750. The zero-order valence-electron chi connectivity index (χ0n) is 30.4. The highest BCUT2D eigenvalue weighted by atomic mass is 31.2. The lowest BCUT2D eigenvalue weighted by Crippen LogP contribution is -2.17. The molecule has 0 amide bonds. The van der Waals surface area contributed by atoms with Crippen molar-refractivity contribution >= 4 is 17.2 Å². The fourth-order valence-electron chi connectivity index (χ4n) is 6.50. The number of fused-ring (bicyclic) bond motifs is 2. The molecule has 0 aromatic heterocycles. The standard InChI is InChI=1S/C40H48O6P2/c1-23-13-27(5)35-29(15-23)21-41-47(43-35)45-37-31(17-25(3)19-33(37)39(7,8)9)32-18-26(4)20-34(40(10,11)12)38(32)46-48-42-22-30-16-24(2)14-28(6)36(30)44-48/h13-20H,21-22H2,1-12H3. The van der Waals surface area contributed by atoms with Gasteiger partial charge in [-0.05, 0) is 86.8 Å². The van der Waals surface area contributed by atoms with Crippen molar-refractivity contribution in [2.75, 3.05) is 0 Å². The third-order valence-electron chi connectivity index (χ3n) is 8.68. The Hall–Kier alpha value is -3.14. The first-order valence-electron chi connectivity index (χ1n) is 16.6. The Morgan fingerprint density at radius 3 is 1.21 bits per heavy atom. The lowest BCUT2D eigenvalue weighted by Gasteiger charge is -2.32. The average Bonchev–Trinajstić information content (AvgIpc) is 2.98. The first-order chi connectivity index (χ1) is 22.5. The normalized spacial score (nSPS) is 17.6. The zero-order valence-corrected chi connectivity index (χ0v) is 32.2. The van der Waals surface area contributed by atoms with E-state index in [1.807, 2.05) is 0 Å². The van der Waals surface area contributed by atoms with Crippen molar-refractivity contribution in [1.82, 2.24) is 0 Å². The van der Waals surface area contributed by atoms with Crippen LogP contribution in [0.4, 0.5) is 0 Å². The minimum Gasteiger partial charge on any atom is -0.417 e. The highest BCUT2D eigenvalue weighted by molar-refractivity contribution is 7.43. The molecule has 0 fully saturated rings. The Labute approximate surface area is 289 Å². The number of aryl methyl sites for hydroxylation is 6. The van der Waals surface area contributed by atoms with E-state index >= 15 is 0 Å². The van der Waals surface area contributed by atoms with Crippen LogP contribution in [0.25, 0.3) is 11.1 Å². The van der Waals surface area contributed by atoms with E-state index in [9.17, 15) is 0 Å². The van der Waals surface area contributed by atoms with Crippen LogP contribution in [0.15, 0.2) is 48.5 Å². The lowest BCUT2D eigenvalue weighted by molar-refractivity contribution is 0.230. The second-order valence-corrected chi connectivity index (χ2v) is 17.5. The average molecular weight is 687 g/mol. The Balaban J connectivity index is 1.49. The van der Waals surface area contributed by atoms with Gasteiger partial charge in [-0.25, -0.2) is 0 Å². The van der Waals surface area contributed by atoms with Gasteiger partial charge in [0, 0.05) is 33.4 Å². The number of rotatable bonds is 5. The molecule has 0 aliphatic carbocycles. The van der Waals surface area contributed by atoms with Crippen molar-refractivity contribution in [2.24, 2.45) is 0 Å². The van der Waals surface area contributed by atoms with Gasteiger partial charge in [-0.1, -0.05) is 89.1 Å². The van der Waals surface area contributed by atoms with Crippen LogP contribution in [0.2, 0.25) is 0 Å². The molecule has 0 saturated carbocycles. The minimum absolute atomic E-state index is 0.233. The molecule has 2 heterocycles. The molecule has 2 aliphatic heterocycles.